The van der Waals surface area contributed by atoms with Crippen molar-refractivity contribution in [2.45, 2.75) is 0 Å². The van der Waals surface area contributed by atoms with Gasteiger partial charge in [0, 0.05) is 31.9 Å². The number of halogens is 1. The van der Waals surface area contributed by atoms with Crippen molar-refractivity contribution in [3.63, 3.8) is 0 Å². The summed E-state index contributed by atoms with van der Waals surface area (Å²) < 4.78 is 10.8. The zero-order chi connectivity index (χ0) is 13.1. The predicted molar refractivity (Wildman–Crippen MR) is 84.2 cm³/mol. The van der Waals surface area contributed by atoms with Crippen LogP contribution in [0.2, 0.25) is 0 Å². The molecule has 20 heavy (non-hydrogen) atoms. The average Bonchev–Trinajstić information content (AvgIpc) is 2.49. The molecule has 5 nitrogen and oxygen atoms in total. The van der Waals surface area contributed by atoms with E-state index in [1.54, 1.807) is 0 Å². The van der Waals surface area contributed by atoms with Gasteiger partial charge < -0.3 is 25.0 Å². The highest BCUT2D eigenvalue weighted by atomic mass is 35.5. The number of hydrogen-bond acceptors (Lipinski definition) is 5. The van der Waals surface area contributed by atoms with Gasteiger partial charge in [-0.25, -0.2) is 0 Å². The smallest absolute Gasteiger partial charge is 0.0642 e. The molecular formula is C14H22ClN3O2. The zero-order valence-electron chi connectivity index (χ0n) is 11.6. The molecule has 0 saturated carbocycles. The van der Waals surface area contributed by atoms with Crippen molar-refractivity contribution in [1.29, 1.82) is 0 Å². The second kappa shape index (κ2) is 7.02. The van der Waals surface area contributed by atoms with Crippen molar-refractivity contribution in [2.24, 2.45) is 0 Å². The van der Waals surface area contributed by atoms with Crippen molar-refractivity contribution in [2.75, 3.05) is 68.1 Å². The summed E-state index contributed by atoms with van der Waals surface area (Å²) >= 11 is 0. The van der Waals surface area contributed by atoms with Crippen LogP contribution in [0.1, 0.15) is 0 Å². The van der Waals surface area contributed by atoms with E-state index in [-0.39, 0.29) is 12.4 Å². The second-order valence-electron chi connectivity index (χ2n) is 4.94. The zero-order valence-corrected chi connectivity index (χ0v) is 12.4. The van der Waals surface area contributed by atoms with Crippen LogP contribution in [0.25, 0.3) is 0 Å². The second-order valence-corrected chi connectivity index (χ2v) is 4.94. The largest absolute Gasteiger partial charge is 0.397 e. The van der Waals surface area contributed by atoms with Crippen LogP contribution in [0.5, 0.6) is 0 Å². The Morgan fingerprint density at radius 2 is 1.40 bits per heavy atom. The Morgan fingerprint density at radius 1 is 0.850 bits per heavy atom. The van der Waals surface area contributed by atoms with Crippen LogP contribution in [-0.2, 0) is 9.47 Å². The van der Waals surface area contributed by atoms with Crippen LogP contribution in [0.3, 0.4) is 0 Å². The van der Waals surface area contributed by atoms with Crippen LogP contribution >= 0.6 is 12.4 Å². The summed E-state index contributed by atoms with van der Waals surface area (Å²) in [6.45, 7) is 6.89. The molecule has 2 heterocycles. The van der Waals surface area contributed by atoms with Gasteiger partial charge in [0.25, 0.3) is 0 Å². The first kappa shape index (κ1) is 15.2. The minimum atomic E-state index is 0. The number of benzene rings is 1. The molecule has 0 aliphatic carbocycles. The van der Waals surface area contributed by atoms with E-state index >= 15 is 0 Å². The van der Waals surface area contributed by atoms with Gasteiger partial charge in [-0.15, -0.1) is 12.4 Å². The summed E-state index contributed by atoms with van der Waals surface area (Å²) in [7, 11) is 0. The van der Waals surface area contributed by atoms with Gasteiger partial charge in [-0.05, 0) is 18.2 Å². The first-order chi connectivity index (χ1) is 9.34. The molecule has 0 amide bonds. The Balaban J connectivity index is 0.00000147. The molecule has 0 unspecified atom stereocenters. The maximum Gasteiger partial charge on any atom is 0.0642 e. The predicted octanol–water partition coefficient (Wildman–Crippen LogP) is 1.36. The van der Waals surface area contributed by atoms with Crippen molar-refractivity contribution >= 4 is 29.5 Å². The summed E-state index contributed by atoms with van der Waals surface area (Å²) in [6.07, 6.45) is 0. The molecule has 0 atom stereocenters. The van der Waals surface area contributed by atoms with Gasteiger partial charge in [-0.3, -0.25) is 0 Å². The van der Waals surface area contributed by atoms with Crippen molar-refractivity contribution < 1.29 is 9.47 Å². The summed E-state index contributed by atoms with van der Waals surface area (Å²) in [6, 6.07) is 6.31. The Hall–Kier alpha value is -1.17. The van der Waals surface area contributed by atoms with E-state index in [2.05, 4.69) is 21.9 Å². The minimum Gasteiger partial charge on any atom is -0.397 e. The van der Waals surface area contributed by atoms with Gasteiger partial charge in [0.15, 0.2) is 0 Å². The maximum atomic E-state index is 6.12. The quantitative estimate of drug-likeness (QED) is 0.836. The summed E-state index contributed by atoms with van der Waals surface area (Å²) in [5, 5.41) is 0. The molecule has 2 fully saturated rings. The van der Waals surface area contributed by atoms with Gasteiger partial charge in [0.2, 0.25) is 0 Å². The standard InChI is InChI=1S/C14H21N3O2.ClH/c15-13-2-1-12(16-3-7-18-8-4-16)11-14(13)17-5-9-19-10-6-17;/h1-2,11H,3-10,15H2;1H. The van der Waals surface area contributed by atoms with Gasteiger partial charge in [-0.1, -0.05) is 0 Å². The Morgan fingerprint density at radius 3 is 2.00 bits per heavy atom. The van der Waals surface area contributed by atoms with Gasteiger partial charge >= 0.3 is 0 Å². The van der Waals surface area contributed by atoms with Gasteiger partial charge in [-0.2, -0.15) is 0 Å². The molecule has 0 radical (unpaired) electrons. The summed E-state index contributed by atoms with van der Waals surface area (Å²) in [4.78, 5) is 4.66. The molecule has 1 aromatic rings. The molecule has 0 spiro atoms. The van der Waals surface area contributed by atoms with Gasteiger partial charge in [0.05, 0.1) is 37.8 Å². The Bertz CT molecular complexity index is 432. The molecule has 2 saturated heterocycles. The normalized spacial score (nSPS) is 19.6. The van der Waals surface area contributed by atoms with Crippen LogP contribution < -0.4 is 15.5 Å². The van der Waals surface area contributed by atoms with Crippen LogP contribution in [-0.4, -0.2) is 52.6 Å². The lowest BCUT2D eigenvalue weighted by Crippen LogP contribution is -2.38. The molecule has 2 aliphatic heterocycles. The first-order valence-electron chi connectivity index (χ1n) is 6.89. The lowest BCUT2D eigenvalue weighted by molar-refractivity contribution is 0.122. The molecule has 1 aromatic carbocycles. The van der Waals surface area contributed by atoms with E-state index in [1.807, 2.05) is 6.07 Å². The number of anilines is 3. The number of nitrogens with zero attached hydrogens (tertiary/aromatic N) is 2. The van der Waals surface area contributed by atoms with E-state index in [1.165, 1.54) is 5.69 Å². The van der Waals surface area contributed by atoms with Crippen LogP contribution in [0, 0.1) is 0 Å². The lowest BCUT2D eigenvalue weighted by Gasteiger charge is -2.33. The topological polar surface area (TPSA) is 51.0 Å². The van der Waals surface area contributed by atoms with E-state index in [9.17, 15) is 0 Å². The average molecular weight is 300 g/mol. The molecule has 112 valence electrons. The third-order valence-electron chi connectivity index (χ3n) is 3.74. The highest BCUT2D eigenvalue weighted by molar-refractivity contribution is 5.85. The SMILES string of the molecule is Cl.Nc1ccc(N2CCOCC2)cc1N1CCOCC1. The highest BCUT2D eigenvalue weighted by Crippen LogP contribution is 2.29. The number of morpholine rings is 2. The van der Waals surface area contributed by atoms with Crippen LogP contribution in [0.4, 0.5) is 17.1 Å². The summed E-state index contributed by atoms with van der Waals surface area (Å²) in [5.74, 6) is 0. The number of ether oxygens (including phenoxy) is 2. The highest BCUT2D eigenvalue weighted by Gasteiger charge is 2.17. The fourth-order valence-corrected chi connectivity index (χ4v) is 2.63. The molecule has 2 N–H and O–H groups in total. The summed E-state index contributed by atoms with van der Waals surface area (Å²) in [5.41, 5.74) is 9.34. The molecule has 6 heteroatoms. The number of rotatable bonds is 2. The van der Waals surface area contributed by atoms with E-state index in [0.29, 0.717) is 0 Å². The third kappa shape index (κ3) is 3.29. The van der Waals surface area contributed by atoms with E-state index < -0.39 is 0 Å². The molecular weight excluding hydrogens is 278 g/mol. The maximum absolute atomic E-state index is 6.12. The lowest BCUT2D eigenvalue weighted by atomic mass is 10.2. The van der Waals surface area contributed by atoms with E-state index in [0.717, 1.165) is 64.0 Å². The first-order valence-corrected chi connectivity index (χ1v) is 6.89. The molecule has 2 aliphatic rings. The monoisotopic (exact) mass is 299 g/mol. The van der Waals surface area contributed by atoms with Crippen LogP contribution in [0.15, 0.2) is 18.2 Å². The number of nitrogens with two attached hydrogens (primary N) is 1. The molecule has 3 rings (SSSR count). The van der Waals surface area contributed by atoms with Crippen molar-refractivity contribution in [3.8, 4) is 0 Å². The third-order valence-corrected chi connectivity index (χ3v) is 3.74. The number of hydrogen-bond donors (Lipinski definition) is 1. The minimum absolute atomic E-state index is 0. The van der Waals surface area contributed by atoms with Gasteiger partial charge in [0.1, 0.15) is 0 Å². The fraction of sp³-hybridized carbons (Fsp3) is 0.571. The van der Waals surface area contributed by atoms with Crippen molar-refractivity contribution in [3.05, 3.63) is 18.2 Å². The molecule has 0 aromatic heterocycles. The Kier molecular flexibility index (Phi) is 5.34. The number of nitrogen functional groups attached to an aromatic ring is 1. The fourth-order valence-electron chi connectivity index (χ4n) is 2.63. The Labute approximate surface area is 126 Å². The van der Waals surface area contributed by atoms with Crippen molar-refractivity contribution in [1.82, 2.24) is 0 Å². The van der Waals surface area contributed by atoms with E-state index in [4.69, 9.17) is 15.2 Å². The molecule has 0 bridgehead atoms.